The van der Waals surface area contributed by atoms with E-state index in [1.165, 1.54) is 12.8 Å². The summed E-state index contributed by atoms with van der Waals surface area (Å²) in [4.78, 5) is 13.9. The van der Waals surface area contributed by atoms with Gasteiger partial charge in [0.25, 0.3) is 0 Å². The number of hydrogen-bond acceptors (Lipinski definition) is 3. The zero-order valence-corrected chi connectivity index (χ0v) is 11.8. The predicted octanol–water partition coefficient (Wildman–Crippen LogP) is 0.994. The summed E-state index contributed by atoms with van der Waals surface area (Å²) in [6.45, 7) is 5.12. The van der Waals surface area contributed by atoms with Crippen molar-refractivity contribution in [1.82, 2.24) is 10.2 Å². The Morgan fingerprint density at radius 3 is 2.59 bits per heavy atom. The number of amides is 1. The van der Waals surface area contributed by atoms with Crippen LogP contribution in [0.4, 0.5) is 0 Å². The van der Waals surface area contributed by atoms with Crippen molar-refractivity contribution in [2.24, 2.45) is 11.7 Å². The Hall–Kier alpha value is -0.320. The number of likely N-dealkylation sites (tertiary alicyclic amines) is 1. The highest BCUT2D eigenvalue weighted by molar-refractivity contribution is 5.85. The van der Waals surface area contributed by atoms with Crippen LogP contribution in [0.2, 0.25) is 0 Å². The summed E-state index contributed by atoms with van der Waals surface area (Å²) in [5.41, 5.74) is 5.75. The van der Waals surface area contributed by atoms with Crippen molar-refractivity contribution in [3.63, 3.8) is 0 Å². The Kier molecular flexibility index (Phi) is 8.56. The van der Waals surface area contributed by atoms with E-state index < -0.39 is 0 Å². The zero-order chi connectivity index (χ0) is 12.0. The molecule has 3 N–H and O–H groups in total. The van der Waals surface area contributed by atoms with Gasteiger partial charge in [-0.25, -0.2) is 0 Å². The van der Waals surface area contributed by atoms with Crippen LogP contribution in [0.15, 0.2) is 0 Å². The number of nitrogens with two attached hydrogens (primary N) is 1. The standard InChI is InChI=1S/C12H25N3O.ClH/c1-3-4-11(13)12(16)14-9-10-5-7-15(2)8-6-10;/h10-11H,3-9,13H2,1-2H3,(H,14,16);1H. The molecule has 0 radical (unpaired) electrons. The van der Waals surface area contributed by atoms with Gasteiger partial charge in [-0.1, -0.05) is 13.3 Å². The monoisotopic (exact) mass is 263 g/mol. The van der Waals surface area contributed by atoms with E-state index in [0.717, 1.165) is 32.5 Å². The first kappa shape index (κ1) is 16.7. The molecule has 1 fully saturated rings. The van der Waals surface area contributed by atoms with Gasteiger partial charge in [-0.2, -0.15) is 0 Å². The Morgan fingerprint density at radius 2 is 2.06 bits per heavy atom. The summed E-state index contributed by atoms with van der Waals surface area (Å²) >= 11 is 0. The molecule has 4 nitrogen and oxygen atoms in total. The lowest BCUT2D eigenvalue weighted by Crippen LogP contribution is -2.43. The van der Waals surface area contributed by atoms with Gasteiger partial charge in [0.1, 0.15) is 0 Å². The molecule has 0 bridgehead atoms. The normalized spacial score (nSPS) is 19.5. The minimum atomic E-state index is -0.323. The van der Waals surface area contributed by atoms with Crippen molar-refractivity contribution in [2.75, 3.05) is 26.7 Å². The minimum absolute atomic E-state index is 0. The van der Waals surface area contributed by atoms with Crippen LogP contribution in [0.25, 0.3) is 0 Å². The second kappa shape index (κ2) is 8.72. The van der Waals surface area contributed by atoms with E-state index in [0.29, 0.717) is 5.92 Å². The number of piperidine rings is 1. The molecule has 5 heteroatoms. The van der Waals surface area contributed by atoms with Crippen LogP contribution >= 0.6 is 12.4 Å². The number of rotatable bonds is 5. The van der Waals surface area contributed by atoms with E-state index in [1.807, 2.05) is 6.92 Å². The average Bonchev–Trinajstić information content (AvgIpc) is 2.28. The number of hydrogen-bond donors (Lipinski definition) is 2. The van der Waals surface area contributed by atoms with Gasteiger partial charge in [-0.05, 0) is 45.3 Å². The Bertz CT molecular complexity index is 218. The van der Waals surface area contributed by atoms with Gasteiger partial charge in [0.15, 0.2) is 0 Å². The summed E-state index contributed by atoms with van der Waals surface area (Å²) < 4.78 is 0. The molecule has 102 valence electrons. The molecule has 17 heavy (non-hydrogen) atoms. The molecular weight excluding hydrogens is 238 g/mol. The van der Waals surface area contributed by atoms with E-state index in [4.69, 9.17) is 5.73 Å². The second-order valence-corrected chi connectivity index (χ2v) is 4.89. The molecule has 1 rings (SSSR count). The van der Waals surface area contributed by atoms with E-state index in [1.54, 1.807) is 0 Å². The van der Waals surface area contributed by atoms with Crippen LogP contribution in [0, 0.1) is 5.92 Å². The topological polar surface area (TPSA) is 58.4 Å². The van der Waals surface area contributed by atoms with Crippen LogP contribution in [-0.4, -0.2) is 43.5 Å². The Labute approximate surface area is 111 Å². The highest BCUT2D eigenvalue weighted by atomic mass is 35.5. The molecule has 0 aromatic heterocycles. The molecule has 1 atom stereocenters. The Morgan fingerprint density at radius 1 is 1.47 bits per heavy atom. The van der Waals surface area contributed by atoms with Crippen molar-refractivity contribution in [1.29, 1.82) is 0 Å². The minimum Gasteiger partial charge on any atom is -0.354 e. The summed E-state index contributed by atoms with van der Waals surface area (Å²) in [7, 11) is 2.14. The molecule has 0 aliphatic carbocycles. The van der Waals surface area contributed by atoms with E-state index >= 15 is 0 Å². The number of carbonyl (C=O) groups is 1. The maximum Gasteiger partial charge on any atom is 0.236 e. The molecular formula is C12H26ClN3O. The molecule has 1 unspecified atom stereocenters. The van der Waals surface area contributed by atoms with Gasteiger partial charge >= 0.3 is 0 Å². The van der Waals surface area contributed by atoms with Crippen molar-refractivity contribution in [2.45, 2.75) is 38.6 Å². The highest BCUT2D eigenvalue weighted by Crippen LogP contribution is 2.14. The van der Waals surface area contributed by atoms with Gasteiger partial charge < -0.3 is 16.0 Å². The van der Waals surface area contributed by atoms with Crippen LogP contribution in [0.1, 0.15) is 32.6 Å². The summed E-state index contributed by atoms with van der Waals surface area (Å²) in [6.07, 6.45) is 4.10. The van der Waals surface area contributed by atoms with Crippen LogP contribution in [0.3, 0.4) is 0 Å². The molecule has 0 spiro atoms. The lowest BCUT2D eigenvalue weighted by molar-refractivity contribution is -0.122. The fraction of sp³-hybridized carbons (Fsp3) is 0.917. The van der Waals surface area contributed by atoms with Crippen molar-refractivity contribution < 1.29 is 4.79 Å². The summed E-state index contributed by atoms with van der Waals surface area (Å²) in [5, 5.41) is 2.97. The fourth-order valence-corrected chi connectivity index (χ4v) is 2.08. The van der Waals surface area contributed by atoms with Gasteiger partial charge in [-0.3, -0.25) is 4.79 Å². The largest absolute Gasteiger partial charge is 0.354 e. The van der Waals surface area contributed by atoms with Gasteiger partial charge in [0.2, 0.25) is 5.91 Å². The molecule has 1 aliphatic rings. The molecule has 1 saturated heterocycles. The Balaban J connectivity index is 0.00000256. The predicted molar refractivity (Wildman–Crippen MR) is 73.4 cm³/mol. The SMILES string of the molecule is CCCC(N)C(=O)NCC1CCN(C)CC1.Cl. The fourth-order valence-electron chi connectivity index (χ4n) is 2.08. The van der Waals surface area contributed by atoms with E-state index in [2.05, 4.69) is 17.3 Å². The molecule has 1 aliphatic heterocycles. The first-order chi connectivity index (χ1) is 7.63. The highest BCUT2D eigenvalue weighted by Gasteiger charge is 2.18. The number of halogens is 1. The second-order valence-electron chi connectivity index (χ2n) is 4.89. The molecule has 1 amide bonds. The van der Waals surface area contributed by atoms with Crippen LogP contribution < -0.4 is 11.1 Å². The lowest BCUT2D eigenvalue weighted by atomic mass is 9.97. The summed E-state index contributed by atoms with van der Waals surface area (Å²) in [5.74, 6) is 0.648. The smallest absolute Gasteiger partial charge is 0.236 e. The first-order valence-electron chi connectivity index (χ1n) is 6.35. The maximum atomic E-state index is 11.6. The molecule has 0 aromatic rings. The van der Waals surface area contributed by atoms with E-state index in [-0.39, 0.29) is 24.4 Å². The van der Waals surface area contributed by atoms with Crippen molar-refractivity contribution in [3.8, 4) is 0 Å². The van der Waals surface area contributed by atoms with Gasteiger partial charge in [-0.15, -0.1) is 12.4 Å². The number of nitrogens with one attached hydrogen (secondary N) is 1. The molecule has 1 heterocycles. The number of nitrogens with zero attached hydrogens (tertiary/aromatic N) is 1. The third-order valence-corrected chi connectivity index (χ3v) is 3.34. The molecule has 0 saturated carbocycles. The molecule has 0 aromatic carbocycles. The number of carbonyl (C=O) groups excluding carboxylic acids is 1. The maximum absolute atomic E-state index is 11.6. The van der Waals surface area contributed by atoms with Crippen molar-refractivity contribution >= 4 is 18.3 Å². The third kappa shape index (κ3) is 6.24. The van der Waals surface area contributed by atoms with Gasteiger partial charge in [0, 0.05) is 6.54 Å². The van der Waals surface area contributed by atoms with Crippen molar-refractivity contribution in [3.05, 3.63) is 0 Å². The van der Waals surface area contributed by atoms with Gasteiger partial charge in [0.05, 0.1) is 6.04 Å². The quantitative estimate of drug-likeness (QED) is 0.778. The van der Waals surface area contributed by atoms with Crippen LogP contribution in [-0.2, 0) is 4.79 Å². The lowest BCUT2D eigenvalue weighted by Gasteiger charge is -2.29. The first-order valence-corrected chi connectivity index (χ1v) is 6.35. The van der Waals surface area contributed by atoms with Crippen LogP contribution in [0.5, 0.6) is 0 Å². The average molecular weight is 264 g/mol. The zero-order valence-electron chi connectivity index (χ0n) is 10.9. The third-order valence-electron chi connectivity index (χ3n) is 3.34. The van der Waals surface area contributed by atoms with E-state index in [9.17, 15) is 4.79 Å². The summed E-state index contributed by atoms with van der Waals surface area (Å²) in [6, 6.07) is -0.323.